The minimum atomic E-state index is -0.111. The van der Waals surface area contributed by atoms with E-state index >= 15 is 0 Å². The molecule has 1 amide bonds. The largest absolute Gasteiger partial charge is 0.496 e. The van der Waals surface area contributed by atoms with E-state index < -0.39 is 0 Å². The van der Waals surface area contributed by atoms with Crippen LogP contribution in [0.1, 0.15) is 27.0 Å². The van der Waals surface area contributed by atoms with Crippen molar-refractivity contribution in [2.75, 3.05) is 38.7 Å². The van der Waals surface area contributed by atoms with Crippen LogP contribution >= 0.6 is 0 Å². The van der Waals surface area contributed by atoms with Crippen LogP contribution in [0.2, 0.25) is 0 Å². The highest BCUT2D eigenvalue weighted by Crippen LogP contribution is 2.26. The van der Waals surface area contributed by atoms with Crippen LogP contribution in [0.5, 0.6) is 5.75 Å². The van der Waals surface area contributed by atoms with Gasteiger partial charge in [-0.15, -0.1) is 0 Å². The van der Waals surface area contributed by atoms with Crippen molar-refractivity contribution in [2.45, 2.75) is 13.0 Å². The number of benzene rings is 3. The third-order valence-corrected chi connectivity index (χ3v) is 5.47. The Labute approximate surface area is 183 Å². The molecule has 31 heavy (non-hydrogen) atoms. The molecule has 1 aliphatic rings. The van der Waals surface area contributed by atoms with Gasteiger partial charge in [-0.05, 0) is 41.5 Å². The molecule has 3 aromatic rings. The number of rotatable bonds is 7. The van der Waals surface area contributed by atoms with Crippen LogP contribution < -0.4 is 10.1 Å². The smallest absolute Gasteiger partial charge is 0.255 e. The van der Waals surface area contributed by atoms with Crippen LogP contribution in [0.3, 0.4) is 0 Å². The van der Waals surface area contributed by atoms with E-state index in [0.29, 0.717) is 5.56 Å². The van der Waals surface area contributed by atoms with Gasteiger partial charge in [0.2, 0.25) is 0 Å². The summed E-state index contributed by atoms with van der Waals surface area (Å²) in [6.45, 7) is 4.21. The summed E-state index contributed by atoms with van der Waals surface area (Å²) in [5.74, 6) is 0.703. The minimum absolute atomic E-state index is 0.111. The lowest BCUT2D eigenvalue weighted by Gasteiger charge is -2.26. The number of carbonyl (C=O) groups is 1. The normalized spacial score (nSPS) is 14.2. The first kappa shape index (κ1) is 21.1. The lowest BCUT2D eigenvalue weighted by Crippen LogP contribution is -2.35. The van der Waals surface area contributed by atoms with E-state index in [0.717, 1.165) is 61.8 Å². The summed E-state index contributed by atoms with van der Waals surface area (Å²) in [6, 6.07) is 23.8. The van der Waals surface area contributed by atoms with Crippen molar-refractivity contribution in [3.63, 3.8) is 0 Å². The zero-order valence-electron chi connectivity index (χ0n) is 17.8. The Bertz CT molecular complexity index is 1010. The van der Waals surface area contributed by atoms with Gasteiger partial charge in [-0.25, -0.2) is 0 Å². The molecule has 0 spiro atoms. The number of carbonyl (C=O) groups excluding carboxylic acids is 1. The van der Waals surface area contributed by atoms with Gasteiger partial charge in [0.05, 0.1) is 20.3 Å². The van der Waals surface area contributed by atoms with Gasteiger partial charge in [0.1, 0.15) is 5.75 Å². The molecule has 1 heterocycles. The Balaban J connectivity index is 1.46. The van der Waals surface area contributed by atoms with Gasteiger partial charge in [0.15, 0.2) is 0 Å². The van der Waals surface area contributed by atoms with Gasteiger partial charge < -0.3 is 14.8 Å². The number of amides is 1. The van der Waals surface area contributed by atoms with E-state index in [1.165, 1.54) is 5.56 Å². The van der Waals surface area contributed by atoms with E-state index in [9.17, 15) is 4.79 Å². The second-order valence-electron chi connectivity index (χ2n) is 7.73. The molecule has 160 valence electrons. The molecular formula is C26H28N2O3. The van der Waals surface area contributed by atoms with Gasteiger partial charge in [-0.3, -0.25) is 9.69 Å². The highest BCUT2D eigenvalue weighted by atomic mass is 16.5. The molecule has 5 heteroatoms. The minimum Gasteiger partial charge on any atom is -0.496 e. The number of nitrogens with one attached hydrogen (secondary N) is 1. The SMILES string of the molecule is COc1ccc(NC(=O)c2cccc(CN3CCOCC3)c2)cc1Cc1ccccc1. The summed E-state index contributed by atoms with van der Waals surface area (Å²) in [5, 5.41) is 3.04. The maximum absolute atomic E-state index is 12.9. The van der Waals surface area contributed by atoms with Crippen LogP contribution in [0, 0.1) is 0 Å². The topological polar surface area (TPSA) is 50.8 Å². The lowest BCUT2D eigenvalue weighted by atomic mass is 10.0. The molecule has 1 aliphatic heterocycles. The Morgan fingerprint density at radius 3 is 2.52 bits per heavy atom. The number of nitrogens with zero attached hydrogens (tertiary/aromatic N) is 1. The predicted octanol–water partition coefficient (Wildman–Crippen LogP) is 4.37. The number of hydrogen-bond acceptors (Lipinski definition) is 4. The van der Waals surface area contributed by atoms with Crippen LogP contribution in [0.15, 0.2) is 72.8 Å². The van der Waals surface area contributed by atoms with Crippen molar-refractivity contribution in [3.05, 3.63) is 95.1 Å². The molecule has 0 atom stereocenters. The van der Waals surface area contributed by atoms with Crippen molar-refractivity contribution in [1.82, 2.24) is 4.90 Å². The van der Waals surface area contributed by atoms with Crippen LogP contribution in [-0.4, -0.2) is 44.2 Å². The first-order chi connectivity index (χ1) is 15.2. The molecular weight excluding hydrogens is 388 g/mol. The van der Waals surface area contributed by atoms with Gasteiger partial charge in [-0.2, -0.15) is 0 Å². The van der Waals surface area contributed by atoms with E-state index in [4.69, 9.17) is 9.47 Å². The Hall–Kier alpha value is -3.15. The second kappa shape index (κ2) is 10.2. The van der Waals surface area contributed by atoms with E-state index in [1.54, 1.807) is 7.11 Å². The second-order valence-corrected chi connectivity index (χ2v) is 7.73. The maximum Gasteiger partial charge on any atom is 0.255 e. The molecule has 0 unspecified atom stereocenters. The van der Waals surface area contributed by atoms with Crippen molar-refractivity contribution >= 4 is 11.6 Å². The molecule has 0 aromatic heterocycles. The number of morpholine rings is 1. The molecule has 1 N–H and O–H groups in total. The molecule has 5 nitrogen and oxygen atoms in total. The third kappa shape index (κ3) is 5.72. The fourth-order valence-corrected chi connectivity index (χ4v) is 3.84. The first-order valence-corrected chi connectivity index (χ1v) is 10.6. The van der Waals surface area contributed by atoms with Crippen LogP contribution in [0.4, 0.5) is 5.69 Å². The van der Waals surface area contributed by atoms with Gasteiger partial charge >= 0.3 is 0 Å². The highest BCUT2D eigenvalue weighted by Gasteiger charge is 2.13. The fraction of sp³-hybridized carbons (Fsp3) is 0.269. The van der Waals surface area contributed by atoms with Crippen LogP contribution in [0.25, 0.3) is 0 Å². The molecule has 0 radical (unpaired) electrons. The Kier molecular flexibility index (Phi) is 6.97. The molecule has 1 fully saturated rings. The molecule has 0 aliphatic carbocycles. The standard InChI is InChI=1S/C26H28N2O3/c1-30-25-11-10-24(18-23(25)16-20-6-3-2-4-7-20)27-26(29)22-9-5-8-21(17-22)19-28-12-14-31-15-13-28/h2-11,17-18H,12-16,19H2,1H3,(H,27,29). The Morgan fingerprint density at radius 1 is 0.968 bits per heavy atom. The maximum atomic E-state index is 12.9. The number of ether oxygens (including phenoxy) is 2. The van der Waals surface area contributed by atoms with Gasteiger partial charge in [0, 0.05) is 42.9 Å². The third-order valence-electron chi connectivity index (χ3n) is 5.47. The highest BCUT2D eigenvalue weighted by molar-refractivity contribution is 6.04. The quantitative estimate of drug-likeness (QED) is 0.621. The van der Waals surface area contributed by atoms with Gasteiger partial charge in [-0.1, -0.05) is 42.5 Å². The van der Waals surface area contributed by atoms with Crippen molar-refractivity contribution < 1.29 is 14.3 Å². The zero-order chi connectivity index (χ0) is 21.5. The average molecular weight is 417 g/mol. The molecule has 3 aromatic carbocycles. The van der Waals surface area contributed by atoms with E-state index in [-0.39, 0.29) is 5.91 Å². The lowest BCUT2D eigenvalue weighted by molar-refractivity contribution is 0.0342. The average Bonchev–Trinajstić information content (AvgIpc) is 2.81. The summed E-state index contributed by atoms with van der Waals surface area (Å²) in [5.41, 5.74) is 4.78. The molecule has 0 bridgehead atoms. The fourth-order valence-electron chi connectivity index (χ4n) is 3.84. The zero-order valence-corrected chi connectivity index (χ0v) is 17.8. The van der Waals surface area contributed by atoms with Crippen LogP contribution in [-0.2, 0) is 17.7 Å². The van der Waals surface area contributed by atoms with Crippen molar-refractivity contribution in [2.24, 2.45) is 0 Å². The van der Waals surface area contributed by atoms with Crippen molar-refractivity contribution in [3.8, 4) is 5.75 Å². The summed E-state index contributed by atoms with van der Waals surface area (Å²) in [4.78, 5) is 15.3. The number of methoxy groups -OCH3 is 1. The number of anilines is 1. The molecule has 4 rings (SSSR count). The summed E-state index contributed by atoms with van der Waals surface area (Å²) in [6.07, 6.45) is 0.739. The predicted molar refractivity (Wildman–Crippen MR) is 123 cm³/mol. The molecule has 0 saturated carbocycles. The summed E-state index contributed by atoms with van der Waals surface area (Å²) < 4.78 is 10.9. The first-order valence-electron chi connectivity index (χ1n) is 10.6. The monoisotopic (exact) mass is 416 g/mol. The van der Waals surface area contributed by atoms with Gasteiger partial charge in [0.25, 0.3) is 5.91 Å². The number of hydrogen-bond donors (Lipinski definition) is 1. The van der Waals surface area contributed by atoms with E-state index in [1.807, 2.05) is 54.6 Å². The van der Waals surface area contributed by atoms with E-state index in [2.05, 4.69) is 28.4 Å². The Morgan fingerprint density at radius 2 is 1.74 bits per heavy atom. The summed E-state index contributed by atoms with van der Waals surface area (Å²) in [7, 11) is 1.67. The molecule has 1 saturated heterocycles. The summed E-state index contributed by atoms with van der Waals surface area (Å²) >= 11 is 0. The van der Waals surface area contributed by atoms with Crippen molar-refractivity contribution in [1.29, 1.82) is 0 Å².